The zero-order valence-corrected chi connectivity index (χ0v) is 14.2. The van der Waals surface area contributed by atoms with Crippen LogP contribution in [0.15, 0.2) is 18.2 Å². The SMILES string of the molecule is CCCCCCCOc1ccc(Cl)cc1C(=O)NCCC(=O)O. The molecule has 128 valence electrons. The highest BCUT2D eigenvalue weighted by Gasteiger charge is 2.13. The smallest absolute Gasteiger partial charge is 0.305 e. The van der Waals surface area contributed by atoms with Gasteiger partial charge < -0.3 is 15.2 Å². The molecule has 1 aromatic carbocycles. The molecule has 0 aliphatic heterocycles. The fraction of sp³-hybridized carbons (Fsp3) is 0.529. The van der Waals surface area contributed by atoms with Crippen molar-refractivity contribution in [1.29, 1.82) is 0 Å². The first kappa shape index (κ1) is 19.3. The van der Waals surface area contributed by atoms with Crippen LogP contribution < -0.4 is 10.1 Å². The van der Waals surface area contributed by atoms with Crippen molar-refractivity contribution < 1.29 is 19.4 Å². The second-order valence-electron chi connectivity index (χ2n) is 5.30. The first-order valence-electron chi connectivity index (χ1n) is 7.97. The van der Waals surface area contributed by atoms with Crippen LogP contribution in [-0.2, 0) is 4.79 Å². The van der Waals surface area contributed by atoms with Gasteiger partial charge in [-0.15, -0.1) is 0 Å². The Hall–Kier alpha value is -1.75. The van der Waals surface area contributed by atoms with Gasteiger partial charge in [0.05, 0.1) is 18.6 Å². The molecule has 0 bridgehead atoms. The first-order valence-corrected chi connectivity index (χ1v) is 8.34. The lowest BCUT2D eigenvalue weighted by atomic mass is 10.1. The summed E-state index contributed by atoms with van der Waals surface area (Å²) in [6.45, 7) is 2.78. The van der Waals surface area contributed by atoms with Gasteiger partial charge in [-0.25, -0.2) is 0 Å². The molecule has 1 aromatic rings. The number of carbonyl (C=O) groups excluding carboxylic acids is 1. The van der Waals surface area contributed by atoms with E-state index in [9.17, 15) is 9.59 Å². The van der Waals surface area contributed by atoms with Gasteiger partial charge >= 0.3 is 5.97 Å². The molecule has 0 aromatic heterocycles. The molecule has 0 fully saturated rings. The third kappa shape index (κ3) is 7.88. The van der Waals surface area contributed by atoms with E-state index < -0.39 is 5.97 Å². The molecule has 6 heteroatoms. The van der Waals surface area contributed by atoms with Gasteiger partial charge in [0, 0.05) is 11.6 Å². The van der Waals surface area contributed by atoms with Crippen LogP contribution in [0.5, 0.6) is 5.75 Å². The van der Waals surface area contributed by atoms with Crippen molar-refractivity contribution >= 4 is 23.5 Å². The molecule has 0 atom stereocenters. The molecule has 0 saturated heterocycles. The number of ether oxygens (including phenoxy) is 1. The summed E-state index contributed by atoms with van der Waals surface area (Å²) in [5.41, 5.74) is 0.330. The number of carbonyl (C=O) groups is 2. The van der Waals surface area contributed by atoms with Crippen LogP contribution in [0.25, 0.3) is 0 Å². The number of aliphatic carboxylic acids is 1. The monoisotopic (exact) mass is 341 g/mol. The van der Waals surface area contributed by atoms with E-state index in [4.69, 9.17) is 21.4 Å². The maximum Gasteiger partial charge on any atom is 0.305 e. The predicted molar refractivity (Wildman–Crippen MR) is 90.3 cm³/mol. The molecular formula is C17H24ClNO4. The molecular weight excluding hydrogens is 318 g/mol. The maximum absolute atomic E-state index is 12.1. The van der Waals surface area contributed by atoms with Crippen LogP contribution in [0.3, 0.4) is 0 Å². The standard InChI is InChI=1S/C17H24ClNO4/c1-2-3-4-5-6-11-23-15-8-7-13(18)12-14(15)17(22)19-10-9-16(20)21/h7-8,12H,2-6,9-11H2,1H3,(H,19,22)(H,20,21). The zero-order valence-electron chi connectivity index (χ0n) is 13.4. The molecule has 0 unspecified atom stereocenters. The van der Waals surface area contributed by atoms with Gasteiger partial charge in [-0.3, -0.25) is 9.59 Å². The number of rotatable bonds is 11. The molecule has 0 saturated carbocycles. The summed E-state index contributed by atoms with van der Waals surface area (Å²) >= 11 is 5.93. The van der Waals surface area contributed by atoms with E-state index in [2.05, 4.69) is 12.2 Å². The van der Waals surface area contributed by atoms with Crippen molar-refractivity contribution in [3.8, 4) is 5.75 Å². The second kappa shape index (κ2) is 10.9. The highest BCUT2D eigenvalue weighted by molar-refractivity contribution is 6.31. The van der Waals surface area contributed by atoms with Crippen LogP contribution >= 0.6 is 11.6 Å². The first-order chi connectivity index (χ1) is 11.0. The average molecular weight is 342 g/mol. The van der Waals surface area contributed by atoms with Gasteiger partial charge in [0.15, 0.2) is 0 Å². The average Bonchev–Trinajstić information content (AvgIpc) is 2.51. The van der Waals surface area contributed by atoms with E-state index in [-0.39, 0.29) is 18.9 Å². The fourth-order valence-corrected chi connectivity index (χ4v) is 2.24. The number of amides is 1. The van der Waals surface area contributed by atoms with E-state index in [1.165, 1.54) is 25.3 Å². The minimum absolute atomic E-state index is 0.0666. The summed E-state index contributed by atoms with van der Waals surface area (Å²) in [7, 11) is 0. The Balaban J connectivity index is 2.55. The normalized spacial score (nSPS) is 10.3. The zero-order chi connectivity index (χ0) is 17.1. The third-order valence-electron chi connectivity index (χ3n) is 3.32. The summed E-state index contributed by atoms with van der Waals surface area (Å²) in [6, 6.07) is 4.87. The number of benzene rings is 1. The lowest BCUT2D eigenvalue weighted by molar-refractivity contribution is -0.136. The van der Waals surface area contributed by atoms with Crippen molar-refractivity contribution in [1.82, 2.24) is 5.32 Å². The van der Waals surface area contributed by atoms with Gasteiger partial charge in [-0.05, 0) is 24.6 Å². The van der Waals surface area contributed by atoms with E-state index in [0.717, 1.165) is 12.8 Å². The molecule has 0 heterocycles. The number of carboxylic acids is 1. The Morgan fingerprint density at radius 1 is 1.22 bits per heavy atom. The Labute approximate surface area is 142 Å². The molecule has 1 rings (SSSR count). The molecule has 1 amide bonds. The molecule has 0 aliphatic rings. The minimum atomic E-state index is -0.958. The van der Waals surface area contributed by atoms with E-state index in [1.54, 1.807) is 12.1 Å². The highest BCUT2D eigenvalue weighted by atomic mass is 35.5. The quantitative estimate of drug-likeness (QED) is 0.599. The highest BCUT2D eigenvalue weighted by Crippen LogP contribution is 2.23. The minimum Gasteiger partial charge on any atom is -0.493 e. The summed E-state index contributed by atoms with van der Waals surface area (Å²) in [5, 5.41) is 11.6. The Morgan fingerprint density at radius 2 is 1.96 bits per heavy atom. The van der Waals surface area contributed by atoms with E-state index in [0.29, 0.717) is 22.9 Å². The summed E-state index contributed by atoms with van der Waals surface area (Å²) in [4.78, 5) is 22.6. The topological polar surface area (TPSA) is 75.6 Å². The molecule has 0 radical (unpaired) electrons. The summed E-state index contributed by atoms with van der Waals surface area (Å²) in [6.07, 6.45) is 5.50. The van der Waals surface area contributed by atoms with Crippen LogP contribution in [-0.4, -0.2) is 30.1 Å². The van der Waals surface area contributed by atoms with Gasteiger partial charge in [0.2, 0.25) is 0 Å². The largest absolute Gasteiger partial charge is 0.493 e. The Kier molecular flexibility index (Phi) is 9.14. The van der Waals surface area contributed by atoms with Crippen LogP contribution in [0.1, 0.15) is 55.8 Å². The van der Waals surface area contributed by atoms with Crippen molar-refractivity contribution in [2.24, 2.45) is 0 Å². The van der Waals surface area contributed by atoms with Crippen molar-refractivity contribution in [2.75, 3.05) is 13.2 Å². The van der Waals surface area contributed by atoms with E-state index >= 15 is 0 Å². The number of hydrogen-bond donors (Lipinski definition) is 2. The lowest BCUT2D eigenvalue weighted by Gasteiger charge is -2.12. The van der Waals surface area contributed by atoms with Crippen LogP contribution in [0, 0.1) is 0 Å². The van der Waals surface area contributed by atoms with Crippen LogP contribution in [0.2, 0.25) is 5.02 Å². The molecule has 0 spiro atoms. The van der Waals surface area contributed by atoms with Gasteiger partial charge in [0.25, 0.3) is 5.91 Å². The number of unbranched alkanes of at least 4 members (excludes halogenated alkanes) is 4. The predicted octanol–water partition coefficient (Wildman–Crippen LogP) is 3.89. The lowest BCUT2D eigenvalue weighted by Crippen LogP contribution is -2.26. The molecule has 5 nitrogen and oxygen atoms in total. The summed E-state index contributed by atoms with van der Waals surface area (Å²) in [5.74, 6) is -0.868. The summed E-state index contributed by atoms with van der Waals surface area (Å²) < 4.78 is 5.69. The number of nitrogens with one attached hydrogen (secondary N) is 1. The van der Waals surface area contributed by atoms with Crippen molar-refractivity contribution in [3.05, 3.63) is 28.8 Å². The molecule has 2 N–H and O–H groups in total. The van der Waals surface area contributed by atoms with Gasteiger partial charge in [-0.1, -0.05) is 44.2 Å². The fourth-order valence-electron chi connectivity index (χ4n) is 2.07. The Bertz CT molecular complexity index is 519. The molecule has 23 heavy (non-hydrogen) atoms. The van der Waals surface area contributed by atoms with E-state index in [1.807, 2.05) is 0 Å². The third-order valence-corrected chi connectivity index (χ3v) is 3.55. The van der Waals surface area contributed by atoms with Crippen LogP contribution in [0.4, 0.5) is 0 Å². The number of hydrogen-bond acceptors (Lipinski definition) is 3. The molecule has 0 aliphatic carbocycles. The number of halogens is 1. The van der Waals surface area contributed by atoms with Crippen molar-refractivity contribution in [3.63, 3.8) is 0 Å². The van der Waals surface area contributed by atoms with Gasteiger partial charge in [-0.2, -0.15) is 0 Å². The van der Waals surface area contributed by atoms with Crippen molar-refractivity contribution in [2.45, 2.75) is 45.4 Å². The number of carboxylic acid groups (broad SMARTS) is 1. The van der Waals surface area contributed by atoms with Gasteiger partial charge in [0.1, 0.15) is 5.75 Å². The maximum atomic E-state index is 12.1. The Morgan fingerprint density at radius 3 is 2.65 bits per heavy atom. The second-order valence-corrected chi connectivity index (χ2v) is 5.74.